The van der Waals surface area contributed by atoms with Crippen LogP contribution in [-0.4, -0.2) is 35.9 Å². The second-order valence-electron chi connectivity index (χ2n) is 3.44. The molecule has 0 aromatic carbocycles. The van der Waals surface area contributed by atoms with Gasteiger partial charge in [0.2, 0.25) is 0 Å². The molecule has 1 saturated heterocycles. The summed E-state index contributed by atoms with van der Waals surface area (Å²) >= 11 is 0. The van der Waals surface area contributed by atoms with Crippen LogP contribution >= 0.6 is 0 Å². The monoisotopic (exact) mass is 316 g/mol. The van der Waals surface area contributed by atoms with Gasteiger partial charge in [-0.2, -0.15) is 52.7 Å². The van der Waals surface area contributed by atoms with Crippen LogP contribution in [0.3, 0.4) is 0 Å². The minimum absolute atomic E-state index is 1.81. The summed E-state index contributed by atoms with van der Waals surface area (Å²) in [7, 11) is 0. The highest BCUT2D eigenvalue weighted by molar-refractivity contribution is 5.19. The molecule has 0 atom stereocenters. The second kappa shape index (κ2) is 3.41. The molecule has 0 unspecified atom stereocenters. The molecule has 1 nitrogen and oxygen atoms in total. The third-order valence-corrected chi connectivity index (χ3v) is 2.28. The number of rotatable bonds is 0. The number of ether oxygens (including phenoxy) is 1. The molecule has 0 radical (unpaired) electrons. The maximum Gasteiger partial charge on any atom is 0.433 e. The Kier molecular flexibility index (Phi) is 2.90. The Balaban J connectivity index is 3.71. The molecule has 1 aliphatic rings. The van der Waals surface area contributed by atoms with E-state index in [0.29, 0.717) is 0 Å². The predicted octanol–water partition coefficient (Wildman–Crippen LogP) is 3.74. The minimum atomic E-state index is -7.25. The molecule has 1 fully saturated rings. The smallest absolute Gasteiger partial charge is 0.284 e. The van der Waals surface area contributed by atoms with Gasteiger partial charge in [0.25, 0.3) is 0 Å². The Morgan fingerprint density at radius 1 is 0.579 bits per heavy atom. The van der Waals surface area contributed by atoms with Crippen LogP contribution in [0.5, 0.6) is 0 Å². The van der Waals surface area contributed by atoms with E-state index in [-0.39, 0.29) is 0 Å². The summed E-state index contributed by atoms with van der Waals surface area (Å²) < 4.78 is 149. The highest BCUT2D eigenvalue weighted by Gasteiger charge is 3.00. The van der Waals surface area contributed by atoms with Crippen molar-refractivity contribution in [2.75, 3.05) is 0 Å². The zero-order chi connectivity index (χ0) is 15.7. The Hall–Kier alpha value is -0.880. The lowest BCUT2D eigenvalue weighted by atomic mass is 9.92. The predicted molar refractivity (Wildman–Crippen MR) is 30.8 cm³/mol. The molecular weight excluding hydrogens is 316 g/mol. The molecular formula is C6F12O. The van der Waals surface area contributed by atoms with Gasteiger partial charge in [-0.05, 0) is 0 Å². The molecule has 0 aromatic heterocycles. The molecule has 19 heavy (non-hydrogen) atoms. The quantitative estimate of drug-likeness (QED) is 0.619. The standard InChI is InChI=1S/C6F12O/c7-2(8)1(4(11,12)13,5(14,15)16)19-6(17,18)3(2,9)10. The molecule has 1 rings (SSSR count). The lowest BCUT2D eigenvalue weighted by molar-refractivity contribution is -0.437. The highest BCUT2D eigenvalue weighted by Crippen LogP contribution is 2.68. The molecule has 0 amide bonds. The third kappa shape index (κ3) is 1.56. The van der Waals surface area contributed by atoms with Crippen molar-refractivity contribution in [1.29, 1.82) is 0 Å². The molecule has 0 aliphatic carbocycles. The van der Waals surface area contributed by atoms with E-state index in [4.69, 9.17) is 0 Å². The lowest BCUT2D eigenvalue weighted by Gasteiger charge is -2.36. The van der Waals surface area contributed by atoms with Gasteiger partial charge in [0.1, 0.15) is 0 Å². The van der Waals surface area contributed by atoms with Crippen molar-refractivity contribution in [2.24, 2.45) is 0 Å². The minimum Gasteiger partial charge on any atom is -0.284 e. The van der Waals surface area contributed by atoms with Crippen molar-refractivity contribution in [3.8, 4) is 0 Å². The average Bonchev–Trinajstić information content (AvgIpc) is 2.18. The molecule has 0 saturated carbocycles. The van der Waals surface area contributed by atoms with Crippen molar-refractivity contribution >= 4 is 0 Å². The Morgan fingerprint density at radius 3 is 1.00 bits per heavy atom. The lowest BCUT2D eigenvalue weighted by Crippen LogP contribution is -2.68. The SMILES string of the molecule is FC(F)(F)C1(C(F)(F)F)OC(F)(F)C(F)(F)C1(F)F. The van der Waals surface area contributed by atoms with Crippen LogP contribution in [0.4, 0.5) is 52.7 Å². The summed E-state index contributed by atoms with van der Waals surface area (Å²) in [5.41, 5.74) is -7.00. The molecule has 1 aliphatic heterocycles. The van der Waals surface area contributed by atoms with Gasteiger partial charge in [-0.3, -0.25) is 4.74 Å². The van der Waals surface area contributed by atoms with E-state index in [9.17, 15) is 52.7 Å². The first kappa shape index (κ1) is 16.2. The average molecular weight is 316 g/mol. The van der Waals surface area contributed by atoms with Gasteiger partial charge >= 0.3 is 35.9 Å². The Labute approximate surface area is 94.7 Å². The van der Waals surface area contributed by atoms with E-state index >= 15 is 0 Å². The van der Waals surface area contributed by atoms with Crippen LogP contribution in [-0.2, 0) is 4.74 Å². The topological polar surface area (TPSA) is 9.23 Å². The van der Waals surface area contributed by atoms with Gasteiger partial charge in [0.15, 0.2) is 0 Å². The summed E-state index contributed by atoms with van der Waals surface area (Å²) in [5, 5.41) is 0. The maximum atomic E-state index is 12.7. The molecule has 0 bridgehead atoms. The van der Waals surface area contributed by atoms with Gasteiger partial charge < -0.3 is 0 Å². The van der Waals surface area contributed by atoms with E-state index in [1.807, 2.05) is 4.74 Å². The zero-order valence-electron chi connectivity index (χ0n) is 7.94. The van der Waals surface area contributed by atoms with E-state index in [2.05, 4.69) is 0 Å². The van der Waals surface area contributed by atoms with Gasteiger partial charge in [0.05, 0.1) is 0 Å². The number of alkyl halides is 12. The van der Waals surface area contributed by atoms with Crippen molar-refractivity contribution in [3.63, 3.8) is 0 Å². The van der Waals surface area contributed by atoms with E-state index in [0.717, 1.165) is 0 Å². The normalized spacial score (nSPS) is 28.4. The van der Waals surface area contributed by atoms with Crippen LogP contribution in [0.2, 0.25) is 0 Å². The van der Waals surface area contributed by atoms with E-state index in [1.165, 1.54) is 0 Å². The third-order valence-electron chi connectivity index (χ3n) is 2.28. The van der Waals surface area contributed by atoms with E-state index in [1.54, 1.807) is 0 Å². The number of hydrogen-bond donors (Lipinski definition) is 0. The van der Waals surface area contributed by atoms with Crippen molar-refractivity contribution in [2.45, 2.75) is 35.9 Å². The van der Waals surface area contributed by atoms with Gasteiger partial charge in [-0.15, -0.1) is 0 Å². The Morgan fingerprint density at radius 2 is 0.895 bits per heavy atom. The highest BCUT2D eigenvalue weighted by atomic mass is 19.4. The Bertz CT molecular complexity index is 361. The summed E-state index contributed by atoms with van der Waals surface area (Å²) in [5.74, 6) is -14.2. The molecule has 0 N–H and O–H groups in total. The molecule has 0 spiro atoms. The van der Waals surface area contributed by atoms with Crippen LogP contribution in [0, 0.1) is 0 Å². The summed E-state index contributed by atoms with van der Waals surface area (Å²) in [6, 6.07) is 0. The van der Waals surface area contributed by atoms with Gasteiger partial charge in [-0.25, -0.2) is 0 Å². The van der Waals surface area contributed by atoms with Crippen LogP contribution in [0.15, 0.2) is 0 Å². The van der Waals surface area contributed by atoms with E-state index < -0.39 is 35.9 Å². The van der Waals surface area contributed by atoms with Crippen LogP contribution in [0.1, 0.15) is 0 Å². The van der Waals surface area contributed by atoms with Gasteiger partial charge in [-0.1, -0.05) is 0 Å². The van der Waals surface area contributed by atoms with Crippen LogP contribution < -0.4 is 0 Å². The first-order valence-electron chi connectivity index (χ1n) is 3.93. The first-order chi connectivity index (χ1) is 7.96. The number of hydrogen-bond acceptors (Lipinski definition) is 1. The van der Waals surface area contributed by atoms with Gasteiger partial charge in [0, 0.05) is 0 Å². The molecule has 1 heterocycles. The molecule has 13 heteroatoms. The largest absolute Gasteiger partial charge is 0.433 e. The summed E-state index contributed by atoms with van der Waals surface area (Å²) in [6.07, 6.45) is -21.2. The fourth-order valence-electron chi connectivity index (χ4n) is 1.36. The van der Waals surface area contributed by atoms with Crippen molar-refractivity contribution < 1.29 is 57.4 Å². The number of halogens is 12. The fourth-order valence-corrected chi connectivity index (χ4v) is 1.36. The summed E-state index contributed by atoms with van der Waals surface area (Å²) in [6.45, 7) is 0. The van der Waals surface area contributed by atoms with Crippen molar-refractivity contribution in [1.82, 2.24) is 0 Å². The van der Waals surface area contributed by atoms with Crippen LogP contribution in [0.25, 0.3) is 0 Å². The fraction of sp³-hybridized carbons (Fsp3) is 1.00. The maximum absolute atomic E-state index is 12.7. The molecule has 0 aromatic rings. The second-order valence-corrected chi connectivity index (χ2v) is 3.44. The zero-order valence-corrected chi connectivity index (χ0v) is 7.94. The molecule has 114 valence electrons. The van der Waals surface area contributed by atoms with Crippen molar-refractivity contribution in [3.05, 3.63) is 0 Å². The first-order valence-corrected chi connectivity index (χ1v) is 3.93. The summed E-state index contributed by atoms with van der Waals surface area (Å²) in [4.78, 5) is 0.